The third-order valence-corrected chi connectivity index (χ3v) is 2.25. The predicted molar refractivity (Wildman–Crippen MR) is 62.0 cm³/mol. The Morgan fingerprint density at radius 2 is 2.13 bits per heavy atom. The van der Waals surface area contributed by atoms with Crippen molar-refractivity contribution in [2.45, 2.75) is 40.4 Å². The molecule has 0 aromatic carbocycles. The average molecular weight is 211 g/mol. The van der Waals surface area contributed by atoms with Crippen LogP contribution in [0.25, 0.3) is 0 Å². The lowest BCUT2D eigenvalue weighted by Crippen LogP contribution is -2.08. The summed E-state index contributed by atoms with van der Waals surface area (Å²) in [5.41, 5.74) is 2.20. The summed E-state index contributed by atoms with van der Waals surface area (Å²) in [6.07, 6.45) is 0.249. The molecule has 1 aromatic rings. The summed E-state index contributed by atoms with van der Waals surface area (Å²) in [4.78, 5) is 0. The van der Waals surface area contributed by atoms with Crippen molar-refractivity contribution in [1.82, 2.24) is 9.78 Å². The number of rotatable bonds is 5. The van der Waals surface area contributed by atoms with Crippen molar-refractivity contribution >= 4 is 5.82 Å². The van der Waals surface area contributed by atoms with Crippen LogP contribution >= 0.6 is 0 Å². The third-order valence-electron chi connectivity index (χ3n) is 2.25. The van der Waals surface area contributed by atoms with Crippen molar-refractivity contribution in [3.8, 4) is 0 Å². The van der Waals surface area contributed by atoms with E-state index in [-0.39, 0.29) is 6.10 Å². The maximum absolute atomic E-state index is 5.62. The fourth-order valence-corrected chi connectivity index (χ4v) is 1.51. The zero-order chi connectivity index (χ0) is 11.4. The molecule has 0 aliphatic heterocycles. The molecule has 0 saturated heterocycles. The van der Waals surface area contributed by atoms with Crippen LogP contribution in [0.3, 0.4) is 0 Å². The van der Waals surface area contributed by atoms with Crippen molar-refractivity contribution in [3.63, 3.8) is 0 Å². The van der Waals surface area contributed by atoms with E-state index in [1.807, 2.05) is 32.5 Å². The van der Waals surface area contributed by atoms with Gasteiger partial charge in [0, 0.05) is 19.2 Å². The largest absolute Gasteiger partial charge is 0.374 e. The first-order valence-corrected chi connectivity index (χ1v) is 5.44. The quantitative estimate of drug-likeness (QED) is 0.810. The number of ether oxygens (including phenoxy) is 1. The van der Waals surface area contributed by atoms with E-state index in [1.54, 1.807) is 0 Å². The molecule has 0 unspecified atom stereocenters. The first-order chi connectivity index (χ1) is 7.06. The lowest BCUT2D eigenvalue weighted by Gasteiger charge is -2.10. The normalized spacial score (nSPS) is 11.1. The molecule has 0 atom stereocenters. The highest BCUT2D eigenvalue weighted by atomic mass is 16.5. The molecule has 4 heteroatoms. The lowest BCUT2D eigenvalue weighted by molar-refractivity contribution is 0.0657. The molecule has 4 nitrogen and oxygen atoms in total. The first-order valence-electron chi connectivity index (χ1n) is 5.44. The molecule has 0 radical (unpaired) electrons. The molecule has 15 heavy (non-hydrogen) atoms. The second-order valence-corrected chi connectivity index (χ2v) is 3.93. The van der Waals surface area contributed by atoms with Gasteiger partial charge in [0.05, 0.1) is 18.4 Å². The van der Waals surface area contributed by atoms with Gasteiger partial charge in [-0.15, -0.1) is 0 Å². The maximum atomic E-state index is 5.62. The van der Waals surface area contributed by atoms with Gasteiger partial charge in [-0.1, -0.05) is 0 Å². The van der Waals surface area contributed by atoms with E-state index in [4.69, 9.17) is 4.74 Å². The molecule has 1 aromatic heterocycles. The van der Waals surface area contributed by atoms with Crippen LogP contribution in [-0.2, 0) is 18.4 Å². The van der Waals surface area contributed by atoms with E-state index in [9.17, 15) is 0 Å². The van der Waals surface area contributed by atoms with Crippen LogP contribution in [-0.4, -0.2) is 22.4 Å². The van der Waals surface area contributed by atoms with Gasteiger partial charge in [0.1, 0.15) is 5.82 Å². The smallest absolute Gasteiger partial charge is 0.129 e. The van der Waals surface area contributed by atoms with Crippen LogP contribution in [0.5, 0.6) is 0 Å². The van der Waals surface area contributed by atoms with Crippen molar-refractivity contribution in [2.75, 3.05) is 11.9 Å². The topological polar surface area (TPSA) is 39.1 Å². The van der Waals surface area contributed by atoms with E-state index in [0.29, 0.717) is 6.61 Å². The van der Waals surface area contributed by atoms with E-state index < -0.39 is 0 Å². The third kappa shape index (κ3) is 2.96. The minimum Gasteiger partial charge on any atom is -0.374 e. The highest BCUT2D eigenvalue weighted by Crippen LogP contribution is 2.19. The Labute approximate surface area is 91.6 Å². The van der Waals surface area contributed by atoms with Crippen LogP contribution in [0.1, 0.15) is 32.0 Å². The first kappa shape index (κ1) is 12.0. The predicted octanol–water partition coefficient (Wildman–Crippen LogP) is 2.09. The SMILES string of the molecule is CCNc1c(COC(C)C)c(C)nn1C. The van der Waals surface area contributed by atoms with E-state index in [1.165, 1.54) is 0 Å². The molecule has 0 bridgehead atoms. The molecule has 1 rings (SSSR count). The molecule has 0 aliphatic rings. The van der Waals surface area contributed by atoms with Gasteiger partial charge in [-0.3, -0.25) is 4.68 Å². The summed E-state index contributed by atoms with van der Waals surface area (Å²) in [6.45, 7) is 9.69. The average Bonchev–Trinajstić information content (AvgIpc) is 2.40. The summed E-state index contributed by atoms with van der Waals surface area (Å²) < 4.78 is 7.49. The highest BCUT2D eigenvalue weighted by Gasteiger charge is 2.12. The van der Waals surface area contributed by atoms with Gasteiger partial charge in [-0.2, -0.15) is 5.10 Å². The maximum Gasteiger partial charge on any atom is 0.129 e. The van der Waals surface area contributed by atoms with Gasteiger partial charge in [0.25, 0.3) is 0 Å². The summed E-state index contributed by atoms with van der Waals surface area (Å²) in [5, 5.41) is 7.69. The highest BCUT2D eigenvalue weighted by molar-refractivity contribution is 5.47. The van der Waals surface area contributed by atoms with E-state index in [0.717, 1.165) is 23.6 Å². The van der Waals surface area contributed by atoms with Crippen molar-refractivity contribution < 1.29 is 4.74 Å². The zero-order valence-electron chi connectivity index (χ0n) is 10.3. The fourth-order valence-electron chi connectivity index (χ4n) is 1.51. The second-order valence-electron chi connectivity index (χ2n) is 3.93. The Morgan fingerprint density at radius 3 is 2.67 bits per heavy atom. The van der Waals surface area contributed by atoms with Crippen LogP contribution in [0, 0.1) is 6.92 Å². The van der Waals surface area contributed by atoms with Crippen molar-refractivity contribution in [1.29, 1.82) is 0 Å². The number of aromatic nitrogens is 2. The summed E-state index contributed by atoms with van der Waals surface area (Å²) in [7, 11) is 1.95. The van der Waals surface area contributed by atoms with Gasteiger partial charge in [-0.05, 0) is 27.7 Å². The van der Waals surface area contributed by atoms with Crippen LogP contribution in [0.15, 0.2) is 0 Å². The molecule has 1 heterocycles. The van der Waals surface area contributed by atoms with Gasteiger partial charge in [0.15, 0.2) is 0 Å². The van der Waals surface area contributed by atoms with Gasteiger partial charge in [0.2, 0.25) is 0 Å². The molecule has 0 saturated carbocycles. The van der Waals surface area contributed by atoms with E-state index in [2.05, 4.69) is 17.3 Å². The minimum atomic E-state index is 0.249. The van der Waals surface area contributed by atoms with Crippen LogP contribution < -0.4 is 5.32 Å². The fraction of sp³-hybridized carbons (Fsp3) is 0.727. The van der Waals surface area contributed by atoms with Gasteiger partial charge in [-0.25, -0.2) is 0 Å². The van der Waals surface area contributed by atoms with Gasteiger partial charge >= 0.3 is 0 Å². The molecule has 0 fully saturated rings. The molecule has 0 amide bonds. The van der Waals surface area contributed by atoms with Crippen molar-refractivity contribution in [2.24, 2.45) is 7.05 Å². The van der Waals surface area contributed by atoms with Crippen molar-refractivity contribution in [3.05, 3.63) is 11.3 Å². The Morgan fingerprint density at radius 1 is 1.47 bits per heavy atom. The summed E-state index contributed by atoms with van der Waals surface area (Å²) in [6, 6.07) is 0. The Bertz CT molecular complexity index is 318. The molecule has 1 N–H and O–H groups in total. The molecular weight excluding hydrogens is 190 g/mol. The summed E-state index contributed by atoms with van der Waals surface area (Å²) in [5.74, 6) is 1.07. The minimum absolute atomic E-state index is 0.249. The zero-order valence-corrected chi connectivity index (χ0v) is 10.3. The Balaban J connectivity index is 2.83. The number of anilines is 1. The number of aryl methyl sites for hydroxylation is 2. The number of nitrogens with zero attached hydrogens (tertiary/aromatic N) is 2. The molecule has 86 valence electrons. The van der Waals surface area contributed by atoms with Crippen LogP contribution in [0.2, 0.25) is 0 Å². The standard InChI is InChI=1S/C11H21N3O/c1-6-12-11-10(7-15-8(2)3)9(4)13-14(11)5/h8,12H,6-7H2,1-5H3. The van der Waals surface area contributed by atoms with E-state index >= 15 is 0 Å². The Kier molecular flexibility index (Phi) is 4.15. The number of nitrogens with one attached hydrogen (secondary N) is 1. The summed E-state index contributed by atoms with van der Waals surface area (Å²) >= 11 is 0. The Hall–Kier alpha value is -1.03. The second kappa shape index (κ2) is 5.16. The lowest BCUT2D eigenvalue weighted by atomic mass is 10.2. The molecule has 0 aliphatic carbocycles. The number of hydrogen-bond donors (Lipinski definition) is 1. The van der Waals surface area contributed by atoms with Crippen LogP contribution in [0.4, 0.5) is 5.82 Å². The molecule has 0 spiro atoms. The molecular formula is C11H21N3O. The monoisotopic (exact) mass is 211 g/mol. The van der Waals surface area contributed by atoms with Gasteiger partial charge < -0.3 is 10.1 Å². The number of hydrogen-bond acceptors (Lipinski definition) is 3.